The van der Waals surface area contributed by atoms with Crippen LogP contribution in [0.3, 0.4) is 0 Å². The highest BCUT2D eigenvalue weighted by molar-refractivity contribution is 7.17. The molecular formula is C15H12N4OS. The van der Waals surface area contributed by atoms with Gasteiger partial charge in [0.2, 0.25) is 0 Å². The molecule has 104 valence electrons. The largest absolute Gasteiger partial charge is 0.352 e. The Morgan fingerprint density at radius 2 is 2.05 bits per heavy atom. The zero-order valence-electron chi connectivity index (χ0n) is 11.4. The molecule has 0 unspecified atom stereocenters. The second-order valence-electron chi connectivity index (χ2n) is 4.95. The van der Waals surface area contributed by atoms with Crippen molar-refractivity contribution in [2.45, 2.75) is 13.5 Å². The number of rotatable bonds is 2. The molecule has 0 saturated heterocycles. The van der Waals surface area contributed by atoms with Crippen LogP contribution in [0.1, 0.15) is 11.1 Å². The molecule has 3 aromatic heterocycles. The summed E-state index contributed by atoms with van der Waals surface area (Å²) in [6, 6.07) is 9.96. The number of aromatic nitrogens is 4. The molecule has 0 bridgehead atoms. The van der Waals surface area contributed by atoms with Gasteiger partial charge in [-0.2, -0.15) is 9.61 Å². The average Bonchev–Trinajstić information content (AvgIpc) is 3.11. The number of aryl methyl sites for hydroxylation is 1. The van der Waals surface area contributed by atoms with Crippen molar-refractivity contribution in [3.63, 3.8) is 0 Å². The summed E-state index contributed by atoms with van der Waals surface area (Å²) in [5, 5.41) is 7.13. The molecule has 0 radical (unpaired) electrons. The molecule has 0 fully saturated rings. The molecule has 5 nitrogen and oxygen atoms in total. The first-order valence-corrected chi connectivity index (χ1v) is 7.48. The van der Waals surface area contributed by atoms with Crippen molar-refractivity contribution in [1.82, 2.24) is 19.2 Å². The van der Waals surface area contributed by atoms with Gasteiger partial charge in [0.05, 0.1) is 11.9 Å². The maximum atomic E-state index is 12.6. The number of thiophene rings is 1. The second-order valence-corrected chi connectivity index (χ2v) is 5.81. The van der Waals surface area contributed by atoms with Crippen LogP contribution in [-0.2, 0) is 6.54 Å². The third-order valence-corrected chi connectivity index (χ3v) is 4.69. The molecular weight excluding hydrogens is 284 g/mol. The lowest BCUT2D eigenvalue weighted by Crippen LogP contribution is -2.27. The van der Waals surface area contributed by atoms with Crippen LogP contribution in [0.25, 0.3) is 15.9 Å². The van der Waals surface area contributed by atoms with Crippen molar-refractivity contribution in [2.75, 3.05) is 0 Å². The van der Waals surface area contributed by atoms with Crippen molar-refractivity contribution < 1.29 is 0 Å². The Balaban J connectivity index is 2.06. The Morgan fingerprint density at radius 1 is 1.24 bits per heavy atom. The Hall–Kier alpha value is -2.47. The van der Waals surface area contributed by atoms with Gasteiger partial charge in [0.1, 0.15) is 11.2 Å². The Labute approximate surface area is 124 Å². The molecule has 0 aliphatic carbocycles. The minimum atomic E-state index is -0.152. The van der Waals surface area contributed by atoms with Gasteiger partial charge in [0.15, 0.2) is 5.65 Å². The van der Waals surface area contributed by atoms with E-state index in [1.807, 2.05) is 37.3 Å². The van der Waals surface area contributed by atoms with Crippen molar-refractivity contribution in [3.05, 3.63) is 63.7 Å². The van der Waals surface area contributed by atoms with Gasteiger partial charge in [-0.25, -0.2) is 9.78 Å². The molecule has 0 amide bonds. The summed E-state index contributed by atoms with van der Waals surface area (Å²) >= 11 is 1.57. The lowest BCUT2D eigenvalue weighted by molar-refractivity contribution is 0.719. The highest BCUT2D eigenvalue weighted by atomic mass is 32.1. The molecule has 0 aliphatic rings. The minimum Gasteiger partial charge on any atom is -0.278 e. The normalized spacial score (nSPS) is 11.5. The fraction of sp³-hybridized carbons (Fsp3) is 0.133. The maximum absolute atomic E-state index is 12.6. The number of hydrogen-bond donors (Lipinski definition) is 0. The summed E-state index contributed by atoms with van der Waals surface area (Å²) in [5.41, 5.74) is 2.69. The summed E-state index contributed by atoms with van der Waals surface area (Å²) in [6.07, 6.45) is 1.43. The van der Waals surface area contributed by atoms with E-state index in [4.69, 9.17) is 0 Å². The van der Waals surface area contributed by atoms with Gasteiger partial charge >= 0.3 is 5.69 Å². The molecule has 3 heterocycles. The van der Waals surface area contributed by atoms with Gasteiger partial charge < -0.3 is 0 Å². The van der Waals surface area contributed by atoms with E-state index in [9.17, 15) is 4.79 Å². The highest BCUT2D eigenvalue weighted by Gasteiger charge is 2.15. The highest BCUT2D eigenvalue weighted by Crippen LogP contribution is 2.27. The molecule has 21 heavy (non-hydrogen) atoms. The molecule has 0 N–H and O–H groups in total. The lowest BCUT2D eigenvalue weighted by Gasteiger charge is -2.08. The van der Waals surface area contributed by atoms with Crippen LogP contribution in [0.5, 0.6) is 0 Å². The third kappa shape index (κ3) is 1.80. The second kappa shape index (κ2) is 4.53. The smallest absolute Gasteiger partial charge is 0.278 e. The van der Waals surface area contributed by atoms with Crippen LogP contribution in [0, 0.1) is 6.92 Å². The van der Waals surface area contributed by atoms with Crippen LogP contribution in [-0.4, -0.2) is 19.2 Å². The summed E-state index contributed by atoms with van der Waals surface area (Å²) in [4.78, 5) is 17.8. The standard InChI is InChI=1S/C15H12N4OS/c1-10-8-21-14-12(10)13-16-9-17-19(13)15(20)18(14)7-11-5-3-2-4-6-11/h2-6,8-9H,7H2,1H3. The number of nitrogens with zero attached hydrogens (tertiary/aromatic N) is 4. The monoisotopic (exact) mass is 296 g/mol. The fourth-order valence-electron chi connectivity index (χ4n) is 2.56. The molecule has 6 heteroatoms. The molecule has 0 aliphatic heterocycles. The SMILES string of the molecule is Cc1csc2c1c1ncnn1c(=O)n2Cc1ccccc1. The van der Waals surface area contributed by atoms with Crippen molar-refractivity contribution in [2.24, 2.45) is 0 Å². The first kappa shape index (κ1) is 12.3. The molecule has 0 spiro atoms. The van der Waals surface area contributed by atoms with E-state index in [0.717, 1.165) is 21.3 Å². The molecule has 0 atom stereocenters. The Kier molecular flexibility index (Phi) is 2.65. The zero-order chi connectivity index (χ0) is 14.4. The van der Waals surface area contributed by atoms with Crippen molar-refractivity contribution >= 4 is 27.2 Å². The van der Waals surface area contributed by atoms with E-state index in [2.05, 4.69) is 15.5 Å². The van der Waals surface area contributed by atoms with E-state index in [1.165, 1.54) is 10.8 Å². The van der Waals surface area contributed by atoms with E-state index in [0.29, 0.717) is 12.2 Å². The third-order valence-electron chi connectivity index (χ3n) is 3.57. The molecule has 0 saturated carbocycles. The van der Waals surface area contributed by atoms with Crippen LogP contribution in [0.2, 0.25) is 0 Å². The number of hydrogen-bond acceptors (Lipinski definition) is 4. The van der Waals surface area contributed by atoms with Gasteiger partial charge in [-0.15, -0.1) is 11.3 Å². The number of benzene rings is 1. The number of fused-ring (bicyclic) bond motifs is 3. The predicted octanol–water partition coefficient (Wildman–Crippen LogP) is 2.46. The summed E-state index contributed by atoms with van der Waals surface area (Å²) in [5.74, 6) is 0. The topological polar surface area (TPSA) is 52.2 Å². The summed E-state index contributed by atoms with van der Waals surface area (Å²) < 4.78 is 3.15. The Bertz CT molecular complexity index is 997. The van der Waals surface area contributed by atoms with E-state index in [1.54, 1.807) is 15.9 Å². The van der Waals surface area contributed by atoms with Gasteiger partial charge in [-0.3, -0.25) is 4.57 Å². The van der Waals surface area contributed by atoms with E-state index in [-0.39, 0.29) is 5.69 Å². The first-order valence-electron chi connectivity index (χ1n) is 6.60. The van der Waals surface area contributed by atoms with Gasteiger partial charge in [-0.05, 0) is 23.4 Å². The molecule has 1 aromatic carbocycles. The van der Waals surface area contributed by atoms with E-state index < -0.39 is 0 Å². The van der Waals surface area contributed by atoms with Crippen LogP contribution in [0.4, 0.5) is 0 Å². The van der Waals surface area contributed by atoms with Gasteiger partial charge in [0.25, 0.3) is 0 Å². The Morgan fingerprint density at radius 3 is 2.86 bits per heavy atom. The molecule has 4 aromatic rings. The summed E-state index contributed by atoms with van der Waals surface area (Å²) in [7, 11) is 0. The zero-order valence-corrected chi connectivity index (χ0v) is 12.2. The lowest BCUT2D eigenvalue weighted by atomic mass is 10.2. The van der Waals surface area contributed by atoms with E-state index >= 15 is 0 Å². The fourth-order valence-corrected chi connectivity index (χ4v) is 3.61. The van der Waals surface area contributed by atoms with Crippen LogP contribution in [0.15, 0.2) is 46.8 Å². The average molecular weight is 296 g/mol. The molecule has 4 rings (SSSR count). The minimum absolute atomic E-state index is 0.152. The quantitative estimate of drug-likeness (QED) is 0.571. The predicted molar refractivity (Wildman–Crippen MR) is 82.9 cm³/mol. The van der Waals surface area contributed by atoms with Crippen molar-refractivity contribution in [3.8, 4) is 0 Å². The first-order chi connectivity index (χ1) is 10.3. The van der Waals surface area contributed by atoms with Gasteiger partial charge in [-0.1, -0.05) is 30.3 Å². The van der Waals surface area contributed by atoms with Crippen LogP contribution >= 0.6 is 11.3 Å². The van der Waals surface area contributed by atoms with Gasteiger partial charge in [0, 0.05) is 0 Å². The van der Waals surface area contributed by atoms with Crippen LogP contribution < -0.4 is 5.69 Å². The summed E-state index contributed by atoms with van der Waals surface area (Å²) in [6.45, 7) is 2.57. The van der Waals surface area contributed by atoms with Crippen molar-refractivity contribution in [1.29, 1.82) is 0 Å². The maximum Gasteiger partial charge on any atom is 0.352 e.